The fourth-order valence-electron chi connectivity index (χ4n) is 4.36. The van der Waals surface area contributed by atoms with E-state index in [0.29, 0.717) is 31.4 Å². The number of nitrogens with zero attached hydrogens (tertiary/aromatic N) is 3. The quantitative estimate of drug-likeness (QED) is 0.471. The van der Waals surface area contributed by atoms with Crippen molar-refractivity contribution in [2.75, 3.05) is 19.7 Å². The predicted molar refractivity (Wildman–Crippen MR) is 119 cm³/mol. The van der Waals surface area contributed by atoms with Gasteiger partial charge in [-0.3, -0.25) is 4.79 Å². The van der Waals surface area contributed by atoms with Gasteiger partial charge in [-0.2, -0.15) is 4.98 Å². The van der Waals surface area contributed by atoms with Crippen molar-refractivity contribution >= 4 is 16.9 Å². The number of hydrogen-bond acceptors (Lipinski definition) is 6. The lowest BCUT2D eigenvalue weighted by Gasteiger charge is -2.31. The van der Waals surface area contributed by atoms with Crippen LogP contribution in [-0.4, -0.2) is 40.6 Å². The molecule has 32 heavy (non-hydrogen) atoms. The molecule has 1 atom stereocenters. The number of carbonyl (C=O) groups is 1. The minimum Gasteiger partial charge on any atom is -0.464 e. The zero-order valence-electron chi connectivity index (χ0n) is 18.4. The van der Waals surface area contributed by atoms with Crippen molar-refractivity contribution in [1.29, 1.82) is 0 Å². The Labute approximate surface area is 186 Å². The molecular formula is C25H25N3O4. The van der Waals surface area contributed by atoms with Gasteiger partial charge in [-0.25, -0.2) is 0 Å². The highest BCUT2D eigenvalue weighted by molar-refractivity contribution is 5.90. The van der Waals surface area contributed by atoms with E-state index in [9.17, 15) is 4.79 Å². The standard InChI is InChI=1S/C25H25N3O4/c1-15-10-17(3)23-18(14-31-20(23)11-15)12-22(29)28-8-9-30-21(13-28)25-26-24(27-32-25)19-7-5-4-6-16(19)2/h4-7,10-11,14,21H,8-9,12-13H2,1-3H3. The van der Waals surface area contributed by atoms with Crippen molar-refractivity contribution in [3.63, 3.8) is 0 Å². The van der Waals surface area contributed by atoms with E-state index in [1.165, 1.54) is 0 Å². The second-order valence-corrected chi connectivity index (χ2v) is 8.36. The number of rotatable bonds is 4. The van der Waals surface area contributed by atoms with Crippen LogP contribution in [0, 0.1) is 20.8 Å². The molecule has 1 fully saturated rings. The Bertz CT molecular complexity index is 1290. The lowest BCUT2D eigenvalue weighted by Crippen LogP contribution is -2.43. The van der Waals surface area contributed by atoms with E-state index in [-0.39, 0.29) is 12.3 Å². The van der Waals surface area contributed by atoms with Crippen LogP contribution in [0.25, 0.3) is 22.4 Å². The first-order chi connectivity index (χ1) is 15.5. The summed E-state index contributed by atoms with van der Waals surface area (Å²) in [6.07, 6.45) is 1.53. The van der Waals surface area contributed by atoms with Crippen LogP contribution in [0.15, 0.2) is 51.6 Å². The van der Waals surface area contributed by atoms with Crippen LogP contribution in [0.1, 0.15) is 34.2 Å². The zero-order chi connectivity index (χ0) is 22.2. The highest BCUT2D eigenvalue weighted by Crippen LogP contribution is 2.29. The Hall–Kier alpha value is -3.45. The number of aryl methyl sites for hydroxylation is 3. The third kappa shape index (κ3) is 3.80. The molecule has 1 saturated heterocycles. The summed E-state index contributed by atoms with van der Waals surface area (Å²) < 4.78 is 17.1. The fraction of sp³-hybridized carbons (Fsp3) is 0.320. The summed E-state index contributed by atoms with van der Waals surface area (Å²) in [7, 11) is 0. The monoisotopic (exact) mass is 431 g/mol. The summed E-state index contributed by atoms with van der Waals surface area (Å²) in [5, 5.41) is 5.14. The maximum atomic E-state index is 13.1. The van der Waals surface area contributed by atoms with Gasteiger partial charge in [-0.05, 0) is 43.5 Å². The number of carbonyl (C=O) groups excluding carboxylic acids is 1. The van der Waals surface area contributed by atoms with Gasteiger partial charge in [0.15, 0.2) is 6.10 Å². The topological polar surface area (TPSA) is 81.6 Å². The Kier molecular flexibility index (Phi) is 5.27. The van der Waals surface area contributed by atoms with E-state index >= 15 is 0 Å². The van der Waals surface area contributed by atoms with E-state index < -0.39 is 6.10 Å². The maximum Gasteiger partial charge on any atom is 0.257 e. The number of hydrogen-bond donors (Lipinski definition) is 0. The Morgan fingerprint density at radius 1 is 1.16 bits per heavy atom. The zero-order valence-corrected chi connectivity index (χ0v) is 18.4. The second-order valence-electron chi connectivity index (χ2n) is 8.36. The molecule has 164 valence electrons. The van der Waals surface area contributed by atoms with Gasteiger partial charge in [0, 0.05) is 23.1 Å². The third-order valence-corrected chi connectivity index (χ3v) is 5.96. The van der Waals surface area contributed by atoms with Crippen LogP contribution >= 0.6 is 0 Å². The average molecular weight is 431 g/mol. The number of aromatic nitrogens is 2. The lowest BCUT2D eigenvalue weighted by molar-refractivity contribution is -0.139. The van der Waals surface area contributed by atoms with E-state index in [1.807, 2.05) is 51.1 Å². The van der Waals surface area contributed by atoms with Gasteiger partial charge in [-0.15, -0.1) is 0 Å². The van der Waals surface area contributed by atoms with Gasteiger partial charge in [-0.1, -0.05) is 35.5 Å². The highest BCUT2D eigenvalue weighted by atomic mass is 16.5. The first kappa shape index (κ1) is 20.5. The molecule has 0 saturated carbocycles. The van der Waals surface area contributed by atoms with Gasteiger partial charge in [0.05, 0.1) is 25.8 Å². The van der Waals surface area contributed by atoms with Gasteiger partial charge in [0.2, 0.25) is 11.7 Å². The van der Waals surface area contributed by atoms with Crippen LogP contribution in [0.3, 0.4) is 0 Å². The molecule has 2 aromatic heterocycles. The van der Waals surface area contributed by atoms with Crippen molar-refractivity contribution in [3.05, 3.63) is 70.8 Å². The van der Waals surface area contributed by atoms with Crippen molar-refractivity contribution in [1.82, 2.24) is 15.0 Å². The Balaban J connectivity index is 1.31. The Morgan fingerprint density at radius 2 is 2.00 bits per heavy atom. The molecule has 1 amide bonds. The summed E-state index contributed by atoms with van der Waals surface area (Å²) in [4.78, 5) is 19.4. The van der Waals surface area contributed by atoms with Gasteiger partial charge < -0.3 is 18.6 Å². The molecule has 1 aliphatic rings. The molecule has 0 radical (unpaired) electrons. The molecule has 4 aromatic rings. The molecule has 3 heterocycles. The second kappa shape index (κ2) is 8.24. The summed E-state index contributed by atoms with van der Waals surface area (Å²) in [5.74, 6) is 0.946. The fourth-order valence-corrected chi connectivity index (χ4v) is 4.36. The molecule has 0 spiro atoms. The van der Waals surface area contributed by atoms with Crippen molar-refractivity contribution in [3.8, 4) is 11.4 Å². The smallest absolute Gasteiger partial charge is 0.257 e. The van der Waals surface area contributed by atoms with Gasteiger partial charge in [0.25, 0.3) is 5.89 Å². The van der Waals surface area contributed by atoms with Crippen LogP contribution < -0.4 is 0 Å². The molecule has 2 aromatic carbocycles. The third-order valence-electron chi connectivity index (χ3n) is 5.96. The number of benzene rings is 2. The minimum atomic E-state index is -0.441. The average Bonchev–Trinajstić information content (AvgIpc) is 3.42. The lowest BCUT2D eigenvalue weighted by atomic mass is 10.0. The number of fused-ring (bicyclic) bond motifs is 1. The van der Waals surface area contributed by atoms with Crippen molar-refractivity contribution < 1.29 is 18.5 Å². The first-order valence-electron chi connectivity index (χ1n) is 10.8. The number of ether oxygens (including phenoxy) is 1. The Morgan fingerprint density at radius 3 is 2.84 bits per heavy atom. The normalized spacial score (nSPS) is 16.6. The summed E-state index contributed by atoms with van der Waals surface area (Å²) in [6, 6.07) is 12.0. The minimum absolute atomic E-state index is 0.0274. The summed E-state index contributed by atoms with van der Waals surface area (Å²) in [6.45, 7) is 7.42. The largest absolute Gasteiger partial charge is 0.464 e. The van der Waals surface area contributed by atoms with Crippen LogP contribution in [0.2, 0.25) is 0 Å². The number of amides is 1. The van der Waals surface area contributed by atoms with Crippen LogP contribution in [0.4, 0.5) is 0 Å². The van der Waals surface area contributed by atoms with Crippen LogP contribution in [-0.2, 0) is 16.0 Å². The SMILES string of the molecule is Cc1cc(C)c2c(CC(=O)N3CCOC(c4nc(-c5ccccc5C)no4)C3)coc2c1. The predicted octanol–water partition coefficient (Wildman–Crippen LogP) is 4.55. The van der Waals surface area contributed by atoms with Crippen LogP contribution in [0.5, 0.6) is 0 Å². The van der Waals surface area contributed by atoms with Gasteiger partial charge in [0.1, 0.15) is 5.58 Å². The van der Waals surface area contributed by atoms with E-state index in [0.717, 1.165) is 38.8 Å². The summed E-state index contributed by atoms with van der Waals surface area (Å²) in [5.41, 5.74) is 5.97. The van der Waals surface area contributed by atoms with E-state index in [1.54, 1.807) is 11.2 Å². The van der Waals surface area contributed by atoms with Crippen molar-refractivity contribution in [2.45, 2.75) is 33.3 Å². The van der Waals surface area contributed by atoms with E-state index in [2.05, 4.69) is 16.2 Å². The molecule has 7 nitrogen and oxygen atoms in total. The van der Waals surface area contributed by atoms with Gasteiger partial charge >= 0.3 is 0 Å². The molecule has 5 rings (SSSR count). The van der Waals surface area contributed by atoms with E-state index in [4.69, 9.17) is 13.7 Å². The summed E-state index contributed by atoms with van der Waals surface area (Å²) >= 11 is 0. The molecule has 0 bridgehead atoms. The molecule has 0 aliphatic carbocycles. The first-order valence-corrected chi connectivity index (χ1v) is 10.8. The molecule has 7 heteroatoms. The molecule has 1 aliphatic heterocycles. The highest BCUT2D eigenvalue weighted by Gasteiger charge is 2.30. The molecule has 1 unspecified atom stereocenters. The number of morpholine rings is 1. The van der Waals surface area contributed by atoms with Crippen molar-refractivity contribution in [2.24, 2.45) is 0 Å². The molecule has 0 N–H and O–H groups in total. The number of furan rings is 1. The molecular weight excluding hydrogens is 406 g/mol. The maximum absolute atomic E-state index is 13.1.